The number of benzene rings is 1. The van der Waals surface area contributed by atoms with Crippen LogP contribution in [-0.2, 0) is 16.4 Å². The molecule has 0 saturated carbocycles. The predicted molar refractivity (Wildman–Crippen MR) is 110 cm³/mol. The lowest BCUT2D eigenvalue weighted by Crippen LogP contribution is -3.12. The van der Waals surface area contributed by atoms with E-state index in [1.807, 2.05) is 25.2 Å². The first-order chi connectivity index (χ1) is 13.8. The van der Waals surface area contributed by atoms with Crippen molar-refractivity contribution in [2.75, 3.05) is 51.7 Å². The maximum Gasteiger partial charge on any atom is 0.293 e. The number of quaternary nitrogens is 1. The van der Waals surface area contributed by atoms with Crippen LogP contribution in [0, 0.1) is 10.1 Å². The highest BCUT2D eigenvalue weighted by atomic mass is 32.2. The van der Waals surface area contributed by atoms with Crippen LogP contribution in [0.1, 0.15) is 5.69 Å². The first kappa shape index (κ1) is 21.2. The van der Waals surface area contributed by atoms with Crippen molar-refractivity contribution < 1.29 is 18.2 Å². The van der Waals surface area contributed by atoms with Gasteiger partial charge in [-0.3, -0.25) is 15.1 Å². The molecule has 1 aromatic heterocycles. The van der Waals surface area contributed by atoms with Crippen LogP contribution in [0.15, 0.2) is 47.5 Å². The van der Waals surface area contributed by atoms with Gasteiger partial charge in [-0.2, -0.15) is 4.31 Å². The van der Waals surface area contributed by atoms with E-state index >= 15 is 0 Å². The number of nitrogens with zero attached hydrogens (tertiary/aromatic N) is 4. The highest BCUT2D eigenvalue weighted by molar-refractivity contribution is 7.89. The summed E-state index contributed by atoms with van der Waals surface area (Å²) >= 11 is 0. The molecule has 0 radical (unpaired) electrons. The molecule has 156 valence electrons. The van der Waals surface area contributed by atoms with Gasteiger partial charge in [-0.05, 0) is 24.3 Å². The summed E-state index contributed by atoms with van der Waals surface area (Å²) < 4.78 is 27.3. The Morgan fingerprint density at radius 1 is 1.24 bits per heavy atom. The summed E-state index contributed by atoms with van der Waals surface area (Å²) in [6, 6.07) is 9.77. The first-order valence-electron chi connectivity index (χ1n) is 9.50. The second kappa shape index (κ2) is 8.85. The number of nitrogens with one attached hydrogen (secondary N) is 1. The van der Waals surface area contributed by atoms with E-state index in [1.165, 1.54) is 27.4 Å². The largest absolute Gasteiger partial charge is 0.369 e. The average molecular weight is 421 g/mol. The first-order valence-corrected chi connectivity index (χ1v) is 10.9. The molecule has 1 aliphatic rings. The third-order valence-corrected chi connectivity index (χ3v) is 7.09. The van der Waals surface area contributed by atoms with E-state index in [2.05, 4.69) is 4.98 Å². The van der Waals surface area contributed by atoms with E-state index in [-0.39, 0.29) is 10.6 Å². The Bertz CT molecular complexity index is 960. The summed E-state index contributed by atoms with van der Waals surface area (Å²) in [7, 11) is 0.0188. The number of rotatable bonds is 7. The Hall–Kier alpha value is -2.56. The molecule has 1 fully saturated rings. The van der Waals surface area contributed by atoms with Crippen molar-refractivity contribution in [3.05, 3.63) is 58.4 Å². The smallest absolute Gasteiger partial charge is 0.293 e. The minimum Gasteiger partial charge on any atom is -0.369 e. The summed E-state index contributed by atoms with van der Waals surface area (Å²) in [4.78, 5) is 18.4. The number of sulfonamides is 1. The monoisotopic (exact) mass is 420 g/mol. The fourth-order valence-electron chi connectivity index (χ4n) is 3.34. The molecule has 29 heavy (non-hydrogen) atoms. The normalized spacial score (nSPS) is 15.9. The molecule has 3 rings (SSSR count). The summed E-state index contributed by atoms with van der Waals surface area (Å²) in [6.45, 7) is 2.78. The number of nitro benzene ring substituents is 1. The summed E-state index contributed by atoms with van der Waals surface area (Å²) in [6.07, 6.45) is 2.33. The molecule has 1 saturated heterocycles. The zero-order chi connectivity index (χ0) is 21.0. The van der Waals surface area contributed by atoms with Gasteiger partial charge in [0, 0.05) is 38.0 Å². The van der Waals surface area contributed by atoms with Gasteiger partial charge in [-0.25, -0.2) is 8.42 Å². The van der Waals surface area contributed by atoms with Gasteiger partial charge in [0.15, 0.2) is 0 Å². The molecule has 0 atom stereocenters. The van der Waals surface area contributed by atoms with E-state index in [4.69, 9.17) is 0 Å². The highest BCUT2D eigenvalue weighted by Crippen LogP contribution is 2.31. The van der Waals surface area contributed by atoms with Gasteiger partial charge in [-0.1, -0.05) is 6.07 Å². The van der Waals surface area contributed by atoms with Crippen molar-refractivity contribution in [1.82, 2.24) is 9.29 Å². The van der Waals surface area contributed by atoms with Crippen LogP contribution in [0.2, 0.25) is 0 Å². The van der Waals surface area contributed by atoms with Crippen molar-refractivity contribution in [3.8, 4) is 0 Å². The molecule has 0 unspecified atom stereocenters. The zero-order valence-corrected chi connectivity index (χ0v) is 17.4. The molecular weight excluding hydrogens is 394 g/mol. The number of hydrogen-bond acceptors (Lipinski definition) is 6. The van der Waals surface area contributed by atoms with Gasteiger partial charge in [0.05, 0.1) is 43.0 Å². The van der Waals surface area contributed by atoms with Crippen molar-refractivity contribution in [2.24, 2.45) is 0 Å². The Labute approximate surface area is 170 Å². The second-order valence-electron chi connectivity index (χ2n) is 7.26. The molecule has 1 N–H and O–H groups in total. The lowest BCUT2D eigenvalue weighted by Gasteiger charge is -2.29. The van der Waals surface area contributed by atoms with Gasteiger partial charge in [0.1, 0.15) is 5.69 Å². The number of likely N-dealkylation sites (N-methyl/N-ethyl adjacent to an activating group) is 2. The predicted octanol–water partition coefficient (Wildman–Crippen LogP) is 0.188. The Balaban J connectivity index is 1.82. The Kier molecular flexibility index (Phi) is 6.46. The van der Waals surface area contributed by atoms with Gasteiger partial charge in [0.2, 0.25) is 10.0 Å². The molecule has 0 spiro atoms. The fraction of sp³-hybridized carbons (Fsp3) is 0.421. The van der Waals surface area contributed by atoms with Crippen LogP contribution in [0.25, 0.3) is 0 Å². The molecule has 9 nitrogen and oxygen atoms in total. The van der Waals surface area contributed by atoms with Crippen LogP contribution in [-0.4, -0.2) is 69.4 Å². The van der Waals surface area contributed by atoms with Crippen molar-refractivity contribution in [2.45, 2.75) is 11.3 Å². The third kappa shape index (κ3) is 4.89. The summed E-state index contributed by atoms with van der Waals surface area (Å²) in [5, 5.41) is 11.7. The van der Waals surface area contributed by atoms with Crippen LogP contribution in [0.4, 0.5) is 11.4 Å². The van der Waals surface area contributed by atoms with Crippen molar-refractivity contribution >= 4 is 21.4 Å². The fourth-order valence-corrected chi connectivity index (χ4v) is 4.80. The third-order valence-electron chi connectivity index (χ3n) is 5.20. The minimum absolute atomic E-state index is 0.0365. The molecule has 0 amide bonds. The number of piperazine rings is 1. The molecule has 1 aromatic carbocycles. The van der Waals surface area contributed by atoms with Gasteiger partial charge >= 0.3 is 0 Å². The zero-order valence-electron chi connectivity index (χ0n) is 16.6. The molecule has 2 heterocycles. The van der Waals surface area contributed by atoms with E-state index in [0.29, 0.717) is 31.7 Å². The van der Waals surface area contributed by atoms with E-state index in [1.54, 1.807) is 18.1 Å². The number of aromatic nitrogens is 1. The van der Waals surface area contributed by atoms with Gasteiger partial charge < -0.3 is 9.80 Å². The maximum atomic E-state index is 12.9. The molecule has 0 aliphatic carbocycles. The molecule has 1 aliphatic heterocycles. The van der Waals surface area contributed by atoms with Crippen LogP contribution < -0.4 is 9.80 Å². The number of nitro groups is 1. The van der Waals surface area contributed by atoms with Crippen molar-refractivity contribution in [1.29, 1.82) is 0 Å². The number of hydrogen-bond donors (Lipinski definition) is 1. The maximum absolute atomic E-state index is 12.9. The Morgan fingerprint density at radius 2 is 1.97 bits per heavy atom. The number of pyridine rings is 1. The van der Waals surface area contributed by atoms with Crippen molar-refractivity contribution in [3.63, 3.8) is 0 Å². The SMILES string of the molecule is CN(CCc1ccccn1)c1ccc(S(=O)(=O)N2CC[NH+](C)CC2)cc1[N+](=O)[O-]. The van der Waals surface area contributed by atoms with Crippen LogP contribution >= 0.6 is 0 Å². The standard InChI is InChI=1S/C19H25N5O4S/c1-21-11-13-23(14-12-21)29(27,28)17-6-7-18(19(15-17)24(25)26)22(2)10-8-16-5-3-4-9-20-16/h3-7,9,15H,8,10-14H2,1-2H3/p+1. The molecule has 10 heteroatoms. The second-order valence-corrected chi connectivity index (χ2v) is 9.20. The summed E-state index contributed by atoms with van der Waals surface area (Å²) in [5.74, 6) is 0. The summed E-state index contributed by atoms with van der Waals surface area (Å²) in [5.41, 5.74) is 1.06. The lowest BCUT2D eigenvalue weighted by atomic mass is 10.2. The van der Waals surface area contributed by atoms with Gasteiger partial charge in [0.25, 0.3) is 5.69 Å². The van der Waals surface area contributed by atoms with E-state index in [0.717, 1.165) is 18.8 Å². The molecular formula is C19H26N5O4S+. The van der Waals surface area contributed by atoms with E-state index < -0.39 is 14.9 Å². The minimum atomic E-state index is -3.75. The molecule has 0 bridgehead atoms. The topological polar surface area (TPSA) is 101 Å². The highest BCUT2D eigenvalue weighted by Gasteiger charge is 2.31. The van der Waals surface area contributed by atoms with E-state index in [9.17, 15) is 18.5 Å². The average Bonchev–Trinajstić information content (AvgIpc) is 2.72. The quantitative estimate of drug-likeness (QED) is 0.507. The molecule has 2 aromatic rings. The lowest BCUT2D eigenvalue weighted by molar-refractivity contribution is -0.883. The Morgan fingerprint density at radius 3 is 2.59 bits per heavy atom. The number of anilines is 1. The van der Waals surface area contributed by atoms with Crippen LogP contribution in [0.3, 0.4) is 0 Å². The van der Waals surface area contributed by atoms with Gasteiger partial charge in [-0.15, -0.1) is 0 Å². The van der Waals surface area contributed by atoms with Crippen LogP contribution in [0.5, 0.6) is 0 Å².